The fourth-order valence-electron chi connectivity index (χ4n) is 1.72. The zero-order valence-electron chi connectivity index (χ0n) is 12.6. The van der Waals surface area contributed by atoms with E-state index in [1.807, 2.05) is 31.2 Å². The van der Waals surface area contributed by atoms with Gasteiger partial charge < -0.3 is 5.11 Å². The van der Waals surface area contributed by atoms with Gasteiger partial charge in [0.2, 0.25) is 10.0 Å². The number of rotatable bonds is 4. The second kappa shape index (κ2) is 8.99. The number of hydrogen-bond donors (Lipinski definition) is 2. The van der Waals surface area contributed by atoms with Crippen molar-refractivity contribution in [1.29, 1.82) is 0 Å². The molecule has 0 aliphatic carbocycles. The average Bonchev–Trinajstić information content (AvgIpc) is 2.49. The lowest BCUT2D eigenvalue weighted by Gasteiger charge is -1.98. The third-order valence-electron chi connectivity index (χ3n) is 2.96. The van der Waals surface area contributed by atoms with Gasteiger partial charge in [-0.1, -0.05) is 37.3 Å². The van der Waals surface area contributed by atoms with Gasteiger partial charge in [-0.2, -0.15) is 0 Å². The smallest absolute Gasteiger partial charge is 0.307 e. The van der Waals surface area contributed by atoms with Crippen molar-refractivity contribution in [3.05, 3.63) is 63.2 Å². The topological polar surface area (TPSA) is 97.5 Å². The number of carboxylic acids is 1. The molecule has 0 aliphatic heterocycles. The van der Waals surface area contributed by atoms with E-state index < -0.39 is 16.0 Å². The highest BCUT2D eigenvalue weighted by Gasteiger charge is 2.05. The maximum absolute atomic E-state index is 10.8. The predicted molar refractivity (Wildman–Crippen MR) is 97.7 cm³/mol. The van der Waals surface area contributed by atoms with Gasteiger partial charge in [-0.05, 0) is 58.3 Å². The summed E-state index contributed by atoms with van der Waals surface area (Å²) < 4.78 is 22.6. The van der Waals surface area contributed by atoms with Gasteiger partial charge in [0.1, 0.15) is 0 Å². The maximum Gasteiger partial charge on any atom is 0.307 e. The van der Waals surface area contributed by atoms with Gasteiger partial charge in [-0.3, -0.25) is 4.79 Å². The first-order valence-electron chi connectivity index (χ1n) is 6.81. The van der Waals surface area contributed by atoms with Crippen LogP contribution in [-0.2, 0) is 27.7 Å². The summed E-state index contributed by atoms with van der Waals surface area (Å²) >= 11 is 2.13. The summed E-state index contributed by atoms with van der Waals surface area (Å²) in [5.74, 6) is -0.783. The Morgan fingerprint density at radius 1 is 1.13 bits per heavy atom. The Labute approximate surface area is 149 Å². The van der Waals surface area contributed by atoms with E-state index in [1.165, 1.54) is 12.1 Å². The lowest BCUT2D eigenvalue weighted by molar-refractivity contribution is -0.136. The molecular formula is C16H18INO4S. The quantitative estimate of drug-likeness (QED) is 0.705. The monoisotopic (exact) mass is 447 g/mol. The van der Waals surface area contributed by atoms with Crippen LogP contribution in [0.3, 0.4) is 0 Å². The predicted octanol–water partition coefficient (Wildman–Crippen LogP) is 2.81. The van der Waals surface area contributed by atoms with Crippen LogP contribution in [0.1, 0.15) is 18.1 Å². The number of sulfonamides is 1. The van der Waals surface area contributed by atoms with Crippen LogP contribution in [0.5, 0.6) is 0 Å². The average molecular weight is 447 g/mol. The van der Waals surface area contributed by atoms with Crippen LogP contribution in [0.4, 0.5) is 0 Å². The lowest BCUT2D eigenvalue weighted by Crippen LogP contribution is -2.11. The molecule has 124 valence electrons. The highest BCUT2D eigenvalue weighted by Crippen LogP contribution is 2.11. The largest absolute Gasteiger partial charge is 0.481 e. The van der Waals surface area contributed by atoms with Crippen molar-refractivity contribution >= 4 is 38.6 Å². The van der Waals surface area contributed by atoms with Crippen LogP contribution in [0.25, 0.3) is 0 Å². The number of primary sulfonamides is 1. The number of aliphatic carboxylic acids is 1. The second-order valence-electron chi connectivity index (χ2n) is 4.70. The summed E-state index contributed by atoms with van der Waals surface area (Å²) in [5, 5.41) is 13.4. The van der Waals surface area contributed by atoms with E-state index in [-0.39, 0.29) is 11.3 Å². The van der Waals surface area contributed by atoms with Crippen LogP contribution >= 0.6 is 22.6 Å². The Bertz CT molecular complexity index is 758. The summed E-state index contributed by atoms with van der Waals surface area (Å²) in [6.45, 7) is 2.01. The Morgan fingerprint density at radius 2 is 1.70 bits per heavy atom. The second-order valence-corrected chi connectivity index (χ2v) is 7.43. The van der Waals surface area contributed by atoms with Crippen LogP contribution in [0.2, 0.25) is 0 Å². The minimum atomic E-state index is -3.53. The molecule has 0 fully saturated rings. The summed E-state index contributed by atoms with van der Waals surface area (Å²) in [4.78, 5) is 10.5. The van der Waals surface area contributed by atoms with E-state index in [2.05, 4.69) is 22.6 Å². The van der Waals surface area contributed by atoms with E-state index in [0.717, 1.165) is 21.1 Å². The number of halogens is 1. The molecule has 0 aromatic heterocycles. The van der Waals surface area contributed by atoms with Crippen LogP contribution in [-0.4, -0.2) is 19.5 Å². The standard InChI is InChI=1S/C8H7IO2.C8H11NO2S/c9-7-4-2-1-3-6(7)5-8(10)11;1-2-7-3-5-8(6-4-7)12(9,10)11/h1-4H,5H2,(H,10,11);3-6H,2H2,1H3,(H2,9,10,11). The molecule has 0 saturated carbocycles. The highest BCUT2D eigenvalue weighted by molar-refractivity contribution is 14.1. The zero-order chi connectivity index (χ0) is 17.5. The fraction of sp³-hybridized carbons (Fsp3) is 0.188. The molecule has 0 unspecified atom stereocenters. The third-order valence-corrected chi connectivity index (χ3v) is 4.94. The fourth-order valence-corrected chi connectivity index (χ4v) is 2.81. The summed E-state index contributed by atoms with van der Waals surface area (Å²) in [6.07, 6.45) is 1.00. The van der Waals surface area contributed by atoms with Gasteiger partial charge >= 0.3 is 5.97 Å². The molecule has 0 aliphatic rings. The first-order valence-corrected chi connectivity index (χ1v) is 9.43. The minimum absolute atomic E-state index is 0.110. The van der Waals surface area contributed by atoms with Crippen LogP contribution < -0.4 is 5.14 Å². The van der Waals surface area contributed by atoms with E-state index in [9.17, 15) is 13.2 Å². The molecule has 0 spiro atoms. The van der Waals surface area contributed by atoms with Crippen LogP contribution in [0, 0.1) is 3.57 Å². The Morgan fingerprint density at radius 3 is 2.13 bits per heavy atom. The molecule has 0 bridgehead atoms. The molecular weight excluding hydrogens is 429 g/mol. The van der Waals surface area contributed by atoms with E-state index in [1.54, 1.807) is 12.1 Å². The van der Waals surface area contributed by atoms with Gasteiger partial charge in [0.05, 0.1) is 11.3 Å². The van der Waals surface area contributed by atoms with Crippen molar-refractivity contribution < 1.29 is 18.3 Å². The molecule has 3 N–H and O–H groups in total. The number of hydrogen-bond acceptors (Lipinski definition) is 3. The van der Waals surface area contributed by atoms with Crippen molar-refractivity contribution in [2.45, 2.75) is 24.7 Å². The first-order chi connectivity index (χ1) is 10.7. The van der Waals surface area contributed by atoms with Crippen molar-refractivity contribution in [2.24, 2.45) is 5.14 Å². The number of aryl methyl sites for hydroxylation is 1. The third kappa shape index (κ3) is 7.10. The molecule has 5 nitrogen and oxygen atoms in total. The lowest BCUT2D eigenvalue weighted by atomic mass is 10.2. The molecule has 23 heavy (non-hydrogen) atoms. The molecule has 0 saturated heterocycles. The van der Waals surface area contributed by atoms with Crippen molar-refractivity contribution in [1.82, 2.24) is 0 Å². The molecule has 0 atom stereocenters. The molecule has 0 heterocycles. The summed E-state index contributed by atoms with van der Waals surface area (Å²) in [6, 6.07) is 14.0. The normalized spacial score (nSPS) is 10.6. The Balaban J connectivity index is 0.000000231. The Hall–Kier alpha value is -1.45. The molecule has 0 radical (unpaired) electrons. The van der Waals surface area contributed by atoms with E-state index in [0.29, 0.717) is 0 Å². The first kappa shape index (κ1) is 19.6. The van der Waals surface area contributed by atoms with Gasteiger partial charge in [0, 0.05) is 3.57 Å². The molecule has 7 heteroatoms. The van der Waals surface area contributed by atoms with Gasteiger partial charge in [-0.25, -0.2) is 13.6 Å². The van der Waals surface area contributed by atoms with Gasteiger partial charge in [-0.15, -0.1) is 0 Å². The number of nitrogens with two attached hydrogens (primary N) is 1. The van der Waals surface area contributed by atoms with Crippen molar-refractivity contribution in [3.63, 3.8) is 0 Å². The minimum Gasteiger partial charge on any atom is -0.481 e. The molecule has 2 aromatic rings. The Kier molecular flexibility index (Phi) is 7.66. The van der Waals surface area contributed by atoms with Gasteiger partial charge in [0.25, 0.3) is 0 Å². The van der Waals surface area contributed by atoms with Crippen molar-refractivity contribution in [3.8, 4) is 0 Å². The van der Waals surface area contributed by atoms with E-state index >= 15 is 0 Å². The summed E-state index contributed by atoms with van der Waals surface area (Å²) in [7, 11) is -3.53. The highest BCUT2D eigenvalue weighted by atomic mass is 127. The number of benzene rings is 2. The van der Waals surface area contributed by atoms with Crippen molar-refractivity contribution in [2.75, 3.05) is 0 Å². The SMILES string of the molecule is CCc1ccc(S(N)(=O)=O)cc1.O=C(O)Cc1ccccc1I. The van der Waals surface area contributed by atoms with E-state index in [4.69, 9.17) is 10.2 Å². The maximum atomic E-state index is 10.8. The molecule has 2 aromatic carbocycles. The van der Waals surface area contributed by atoms with Gasteiger partial charge in [0.15, 0.2) is 0 Å². The molecule has 0 amide bonds. The summed E-state index contributed by atoms with van der Waals surface area (Å²) in [5.41, 5.74) is 1.98. The zero-order valence-corrected chi connectivity index (χ0v) is 15.5. The van der Waals surface area contributed by atoms with Crippen LogP contribution in [0.15, 0.2) is 53.4 Å². The number of carboxylic acid groups (broad SMARTS) is 1. The number of carbonyl (C=O) groups is 1. The molecule has 2 rings (SSSR count).